The second-order valence-electron chi connectivity index (χ2n) is 6.69. The summed E-state index contributed by atoms with van der Waals surface area (Å²) in [6, 6.07) is 8.95. The van der Waals surface area contributed by atoms with Crippen LogP contribution in [-0.4, -0.2) is 41.7 Å². The molecule has 8 heteroatoms. The second kappa shape index (κ2) is 9.16. The second-order valence-corrected chi connectivity index (χ2v) is 6.69. The standard InChI is InChI=1S/C20H25N5O3/c1-3-28-20(27)24-17-6-4-16(5-7-17)23-19(26)15-8-10-25(11-9-15)18-12-14(2)21-13-22-18/h4-7,12-13,15H,3,8-11H2,1-2H3,(H,23,26)(H,24,27). The van der Waals surface area contributed by atoms with E-state index in [-0.39, 0.29) is 11.8 Å². The van der Waals surface area contributed by atoms with Crippen LogP contribution >= 0.6 is 0 Å². The molecule has 8 nitrogen and oxygen atoms in total. The van der Waals surface area contributed by atoms with Gasteiger partial charge in [-0.1, -0.05) is 0 Å². The molecule has 1 aromatic heterocycles. The zero-order valence-electron chi connectivity index (χ0n) is 16.1. The van der Waals surface area contributed by atoms with Crippen molar-refractivity contribution >= 4 is 29.2 Å². The van der Waals surface area contributed by atoms with Crippen molar-refractivity contribution < 1.29 is 14.3 Å². The molecule has 1 saturated heterocycles. The summed E-state index contributed by atoms with van der Waals surface area (Å²) >= 11 is 0. The monoisotopic (exact) mass is 383 g/mol. The highest BCUT2D eigenvalue weighted by molar-refractivity contribution is 5.93. The van der Waals surface area contributed by atoms with Gasteiger partial charge >= 0.3 is 6.09 Å². The van der Waals surface area contributed by atoms with Gasteiger partial charge in [-0.2, -0.15) is 0 Å². The van der Waals surface area contributed by atoms with E-state index < -0.39 is 6.09 Å². The molecule has 0 aliphatic carbocycles. The van der Waals surface area contributed by atoms with Crippen LogP contribution < -0.4 is 15.5 Å². The predicted molar refractivity (Wildman–Crippen MR) is 107 cm³/mol. The van der Waals surface area contributed by atoms with Crippen LogP contribution in [-0.2, 0) is 9.53 Å². The van der Waals surface area contributed by atoms with Gasteiger partial charge in [-0.3, -0.25) is 10.1 Å². The minimum Gasteiger partial charge on any atom is -0.450 e. The number of amides is 2. The molecule has 1 aliphatic rings. The van der Waals surface area contributed by atoms with E-state index in [1.54, 1.807) is 37.5 Å². The molecule has 2 N–H and O–H groups in total. The average molecular weight is 383 g/mol. The lowest BCUT2D eigenvalue weighted by molar-refractivity contribution is -0.120. The van der Waals surface area contributed by atoms with E-state index in [1.165, 1.54) is 0 Å². The van der Waals surface area contributed by atoms with Crippen LogP contribution in [0.15, 0.2) is 36.7 Å². The van der Waals surface area contributed by atoms with Crippen molar-refractivity contribution in [3.05, 3.63) is 42.4 Å². The van der Waals surface area contributed by atoms with E-state index in [4.69, 9.17) is 4.74 Å². The molecule has 0 unspecified atom stereocenters. The average Bonchev–Trinajstić information content (AvgIpc) is 2.70. The Morgan fingerprint density at radius 1 is 1.11 bits per heavy atom. The normalized spacial score (nSPS) is 14.4. The number of ether oxygens (including phenoxy) is 1. The number of nitrogens with one attached hydrogen (secondary N) is 2. The van der Waals surface area contributed by atoms with Gasteiger partial charge in [0.25, 0.3) is 0 Å². The van der Waals surface area contributed by atoms with E-state index in [1.807, 2.05) is 13.0 Å². The van der Waals surface area contributed by atoms with Crippen molar-refractivity contribution in [2.24, 2.45) is 5.92 Å². The van der Waals surface area contributed by atoms with Gasteiger partial charge < -0.3 is 15.0 Å². The van der Waals surface area contributed by atoms with Crippen molar-refractivity contribution in [2.75, 3.05) is 35.2 Å². The first-order valence-electron chi connectivity index (χ1n) is 9.43. The number of carbonyl (C=O) groups is 2. The number of nitrogens with zero attached hydrogens (tertiary/aromatic N) is 3. The van der Waals surface area contributed by atoms with Crippen LogP contribution in [0.4, 0.5) is 22.0 Å². The lowest BCUT2D eigenvalue weighted by atomic mass is 9.95. The van der Waals surface area contributed by atoms with E-state index in [2.05, 4.69) is 25.5 Å². The van der Waals surface area contributed by atoms with E-state index >= 15 is 0 Å². The maximum atomic E-state index is 12.6. The number of rotatable bonds is 5. The van der Waals surface area contributed by atoms with Crippen LogP contribution in [0.2, 0.25) is 0 Å². The van der Waals surface area contributed by atoms with Gasteiger partial charge in [-0.25, -0.2) is 14.8 Å². The van der Waals surface area contributed by atoms with Crippen LogP contribution in [0.25, 0.3) is 0 Å². The first-order chi connectivity index (χ1) is 13.5. The van der Waals surface area contributed by atoms with Crippen LogP contribution in [0.1, 0.15) is 25.5 Å². The van der Waals surface area contributed by atoms with Crippen LogP contribution in [0, 0.1) is 12.8 Å². The van der Waals surface area contributed by atoms with E-state index in [0.717, 1.165) is 37.4 Å². The third-order valence-electron chi connectivity index (χ3n) is 4.65. The highest BCUT2D eigenvalue weighted by atomic mass is 16.5. The Bertz CT molecular complexity index is 817. The van der Waals surface area contributed by atoms with Crippen molar-refractivity contribution in [1.82, 2.24) is 9.97 Å². The summed E-state index contributed by atoms with van der Waals surface area (Å²) < 4.78 is 4.84. The van der Waals surface area contributed by atoms with Crippen molar-refractivity contribution in [3.8, 4) is 0 Å². The molecule has 2 aromatic rings. The molecular formula is C20H25N5O3. The van der Waals surface area contributed by atoms with Crippen molar-refractivity contribution in [1.29, 1.82) is 0 Å². The highest BCUT2D eigenvalue weighted by Gasteiger charge is 2.25. The van der Waals surface area contributed by atoms with Gasteiger partial charge in [0.2, 0.25) is 5.91 Å². The molecule has 148 valence electrons. The molecule has 0 atom stereocenters. The topological polar surface area (TPSA) is 96.5 Å². The minimum atomic E-state index is -0.495. The SMILES string of the molecule is CCOC(=O)Nc1ccc(NC(=O)C2CCN(c3cc(C)ncn3)CC2)cc1. The Balaban J connectivity index is 1.49. The molecule has 1 aliphatic heterocycles. The third kappa shape index (κ3) is 5.18. The van der Waals surface area contributed by atoms with E-state index in [9.17, 15) is 9.59 Å². The third-order valence-corrected chi connectivity index (χ3v) is 4.65. The molecule has 0 spiro atoms. The van der Waals surface area contributed by atoms with Gasteiger partial charge in [-0.05, 0) is 51.0 Å². The molecule has 0 radical (unpaired) electrons. The van der Waals surface area contributed by atoms with Crippen molar-refractivity contribution in [3.63, 3.8) is 0 Å². The van der Waals surface area contributed by atoms with E-state index in [0.29, 0.717) is 18.0 Å². The molecule has 28 heavy (non-hydrogen) atoms. The molecular weight excluding hydrogens is 358 g/mol. The summed E-state index contributed by atoms with van der Waals surface area (Å²) in [5, 5.41) is 5.58. The largest absolute Gasteiger partial charge is 0.450 e. The Morgan fingerprint density at radius 2 is 1.75 bits per heavy atom. The number of anilines is 3. The minimum absolute atomic E-state index is 0.0182. The van der Waals surface area contributed by atoms with Gasteiger partial charge in [0.05, 0.1) is 6.61 Å². The fraction of sp³-hybridized carbons (Fsp3) is 0.400. The number of piperidine rings is 1. The summed E-state index contributed by atoms with van der Waals surface area (Å²) in [6.07, 6.45) is 2.63. The highest BCUT2D eigenvalue weighted by Crippen LogP contribution is 2.23. The maximum absolute atomic E-state index is 12.6. The molecule has 3 rings (SSSR count). The summed E-state index contributed by atoms with van der Waals surface area (Å²) in [7, 11) is 0. The Kier molecular flexibility index (Phi) is 6.41. The maximum Gasteiger partial charge on any atom is 0.411 e. The fourth-order valence-electron chi connectivity index (χ4n) is 3.15. The predicted octanol–water partition coefficient (Wildman–Crippen LogP) is 3.21. The van der Waals surface area contributed by atoms with Crippen LogP contribution in [0.5, 0.6) is 0 Å². The Morgan fingerprint density at radius 3 is 2.36 bits per heavy atom. The number of aryl methyl sites for hydroxylation is 1. The number of hydrogen-bond donors (Lipinski definition) is 2. The summed E-state index contributed by atoms with van der Waals surface area (Å²) in [4.78, 5) is 34.6. The molecule has 2 heterocycles. The fourth-order valence-corrected chi connectivity index (χ4v) is 3.15. The molecule has 2 amide bonds. The number of aromatic nitrogens is 2. The lowest BCUT2D eigenvalue weighted by Gasteiger charge is -2.32. The Hall–Kier alpha value is -3.16. The van der Waals surface area contributed by atoms with Gasteiger partial charge in [0, 0.05) is 42.1 Å². The quantitative estimate of drug-likeness (QED) is 0.823. The molecule has 0 bridgehead atoms. The number of carbonyl (C=O) groups excluding carboxylic acids is 2. The zero-order chi connectivity index (χ0) is 19.9. The molecule has 1 fully saturated rings. The van der Waals surface area contributed by atoms with Gasteiger partial charge in [0.15, 0.2) is 0 Å². The van der Waals surface area contributed by atoms with Crippen molar-refractivity contribution in [2.45, 2.75) is 26.7 Å². The first kappa shape index (κ1) is 19.6. The number of benzene rings is 1. The first-order valence-corrected chi connectivity index (χ1v) is 9.43. The van der Waals surface area contributed by atoms with Gasteiger partial charge in [-0.15, -0.1) is 0 Å². The smallest absolute Gasteiger partial charge is 0.411 e. The molecule has 1 aromatic carbocycles. The summed E-state index contributed by atoms with van der Waals surface area (Å²) in [5.74, 6) is 0.900. The summed E-state index contributed by atoms with van der Waals surface area (Å²) in [6.45, 7) is 5.58. The molecule has 0 saturated carbocycles. The van der Waals surface area contributed by atoms with Crippen LogP contribution in [0.3, 0.4) is 0 Å². The zero-order valence-corrected chi connectivity index (χ0v) is 16.1. The summed E-state index contributed by atoms with van der Waals surface area (Å²) in [5.41, 5.74) is 2.25. The van der Waals surface area contributed by atoms with Gasteiger partial charge in [0.1, 0.15) is 12.1 Å². The lowest BCUT2D eigenvalue weighted by Crippen LogP contribution is -2.38. The number of hydrogen-bond acceptors (Lipinski definition) is 6. The Labute approximate surface area is 164 Å².